The van der Waals surface area contributed by atoms with Crippen LogP contribution in [0.15, 0.2) is 30.9 Å². The van der Waals surface area contributed by atoms with E-state index in [4.69, 9.17) is 19.2 Å². The number of ether oxygens (including phenoxy) is 3. The number of carbonyl (C=O) groups is 2. The van der Waals surface area contributed by atoms with Gasteiger partial charge in [0.05, 0.1) is 32.0 Å². The zero-order valence-corrected chi connectivity index (χ0v) is 23.5. The Morgan fingerprint density at radius 1 is 1.24 bits per heavy atom. The third-order valence-corrected chi connectivity index (χ3v) is 8.10. The lowest BCUT2D eigenvalue weighted by molar-refractivity contribution is -0.152. The number of hydrogen-bond donors (Lipinski definition) is 0. The molecular weight excluding hydrogens is 480 g/mol. The molecule has 3 heterocycles. The van der Waals surface area contributed by atoms with E-state index in [0.29, 0.717) is 19.4 Å². The molecule has 1 spiro atoms. The van der Waals surface area contributed by atoms with Gasteiger partial charge in [0.15, 0.2) is 0 Å². The van der Waals surface area contributed by atoms with Crippen molar-refractivity contribution in [3.05, 3.63) is 42.1 Å². The Labute approximate surface area is 226 Å². The first-order chi connectivity index (χ1) is 18.2. The number of carbonyl (C=O) groups excluding carboxylic acids is 2. The first kappa shape index (κ1) is 27.9. The second kappa shape index (κ2) is 11.7. The molecule has 0 N–H and O–H groups in total. The van der Waals surface area contributed by atoms with Crippen molar-refractivity contribution in [2.75, 3.05) is 20.8 Å². The van der Waals surface area contributed by atoms with Gasteiger partial charge < -0.3 is 19.1 Å². The molecule has 0 unspecified atom stereocenters. The van der Waals surface area contributed by atoms with Gasteiger partial charge in [-0.2, -0.15) is 0 Å². The van der Waals surface area contributed by atoms with Gasteiger partial charge in [-0.25, -0.2) is 9.78 Å². The maximum atomic E-state index is 13.6. The Kier molecular flexibility index (Phi) is 8.64. The Morgan fingerprint density at radius 3 is 2.71 bits per heavy atom. The van der Waals surface area contributed by atoms with Gasteiger partial charge in [0.2, 0.25) is 5.91 Å². The predicted octanol–water partition coefficient (Wildman–Crippen LogP) is 5.98. The van der Waals surface area contributed by atoms with E-state index in [0.717, 1.165) is 72.2 Å². The number of methoxy groups -OCH3 is 2. The van der Waals surface area contributed by atoms with E-state index in [-0.39, 0.29) is 23.7 Å². The van der Waals surface area contributed by atoms with Crippen molar-refractivity contribution >= 4 is 22.8 Å². The number of allylic oxidation sites excluding steroid dienone is 1. The average Bonchev–Trinajstić information content (AvgIpc) is 3.29. The predicted molar refractivity (Wildman–Crippen MR) is 149 cm³/mol. The van der Waals surface area contributed by atoms with Crippen LogP contribution in [-0.4, -0.2) is 54.2 Å². The smallest absolute Gasteiger partial charge is 0.328 e. The highest BCUT2D eigenvalue weighted by atomic mass is 16.5. The molecule has 1 fully saturated rings. The van der Waals surface area contributed by atoms with Crippen molar-refractivity contribution in [1.29, 1.82) is 0 Å². The van der Waals surface area contributed by atoms with Gasteiger partial charge in [-0.1, -0.05) is 39.7 Å². The van der Waals surface area contributed by atoms with Gasteiger partial charge in [-0.3, -0.25) is 4.79 Å². The second-order valence-electron chi connectivity index (χ2n) is 11.2. The molecule has 0 saturated carbocycles. The van der Waals surface area contributed by atoms with Gasteiger partial charge in [0, 0.05) is 23.3 Å². The summed E-state index contributed by atoms with van der Waals surface area (Å²) in [5.41, 5.74) is 2.30. The van der Waals surface area contributed by atoms with Crippen LogP contribution in [0.1, 0.15) is 82.9 Å². The molecule has 2 aliphatic rings. The molecule has 0 bridgehead atoms. The summed E-state index contributed by atoms with van der Waals surface area (Å²) in [5, 5.41) is 1.03. The molecule has 206 valence electrons. The highest BCUT2D eigenvalue weighted by Crippen LogP contribution is 2.46. The van der Waals surface area contributed by atoms with E-state index in [9.17, 15) is 9.59 Å². The number of benzene rings is 1. The van der Waals surface area contributed by atoms with Crippen molar-refractivity contribution in [2.45, 2.75) is 89.7 Å². The van der Waals surface area contributed by atoms with Gasteiger partial charge in [0.1, 0.15) is 23.1 Å². The quantitative estimate of drug-likeness (QED) is 0.217. The third-order valence-electron chi connectivity index (χ3n) is 8.10. The molecule has 4 rings (SSSR count). The summed E-state index contributed by atoms with van der Waals surface area (Å²) in [5.74, 6) is 1.18. The Morgan fingerprint density at radius 2 is 2.03 bits per heavy atom. The van der Waals surface area contributed by atoms with Gasteiger partial charge in [-0.05, 0) is 56.2 Å². The summed E-state index contributed by atoms with van der Waals surface area (Å²) in [7, 11) is 3.05. The Bertz CT molecular complexity index is 1190. The van der Waals surface area contributed by atoms with E-state index in [1.807, 2.05) is 31.2 Å². The van der Waals surface area contributed by atoms with E-state index < -0.39 is 11.6 Å². The maximum Gasteiger partial charge on any atom is 0.328 e. The SMILES string of the molecule is C=CCCCCC[C@H](C)C(=O)N1C[C@@]2(CCc3c(c(C(C)C)nc4ccc(OC)cc34)O2)C[C@H]1C(=O)OC. The van der Waals surface area contributed by atoms with Crippen molar-refractivity contribution in [3.63, 3.8) is 0 Å². The first-order valence-electron chi connectivity index (χ1n) is 13.9. The number of aromatic nitrogens is 1. The van der Waals surface area contributed by atoms with Crippen LogP contribution in [0.4, 0.5) is 0 Å². The van der Waals surface area contributed by atoms with Crippen molar-refractivity contribution in [2.24, 2.45) is 5.92 Å². The third kappa shape index (κ3) is 5.52. The molecule has 7 nitrogen and oxygen atoms in total. The first-order valence-corrected chi connectivity index (χ1v) is 13.9. The van der Waals surface area contributed by atoms with Crippen LogP contribution in [0.2, 0.25) is 0 Å². The standard InChI is InChI=1S/C31H42N2O5/c1-7-8-9-10-11-12-21(4)29(34)33-19-31(18-26(33)30(35)37-6)16-15-23-24-17-22(36-5)13-14-25(24)32-27(20(2)3)28(23)38-31/h7,13-14,17,20-21,26H,1,8-12,15-16,18-19H2,2-6H3/t21-,26-,31+/m0/s1. The molecule has 1 aromatic heterocycles. The number of fused-ring (bicyclic) bond motifs is 3. The minimum atomic E-state index is -0.650. The summed E-state index contributed by atoms with van der Waals surface area (Å²) < 4.78 is 17.5. The van der Waals surface area contributed by atoms with Crippen molar-refractivity contribution in [1.82, 2.24) is 9.88 Å². The number of pyridine rings is 1. The summed E-state index contributed by atoms with van der Waals surface area (Å²) in [6.07, 6.45) is 8.76. The molecular formula is C31H42N2O5. The minimum Gasteiger partial charge on any atom is -0.497 e. The van der Waals surface area contributed by atoms with Crippen LogP contribution < -0.4 is 9.47 Å². The van der Waals surface area contributed by atoms with Crippen LogP contribution in [0.5, 0.6) is 11.5 Å². The highest BCUT2D eigenvalue weighted by Gasteiger charge is 2.53. The van der Waals surface area contributed by atoms with E-state index in [1.165, 1.54) is 7.11 Å². The van der Waals surface area contributed by atoms with E-state index in [2.05, 4.69) is 20.4 Å². The van der Waals surface area contributed by atoms with Gasteiger partial charge >= 0.3 is 5.97 Å². The summed E-state index contributed by atoms with van der Waals surface area (Å²) in [6.45, 7) is 10.3. The lowest BCUT2D eigenvalue weighted by Crippen LogP contribution is -2.46. The minimum absolute atomic E-state index is 0.000786. The normalized spacial score (nSPS) is 21.3. The van der Waals surface area contributed by atoms with Crippen molar-refractivity contribution < 1.29 is 23.8 Å². The molecule has 38 heavy (non-hydrogen) atoms. The fourth-order valence-electron chi connectivity index (χ4n) is 5.92. The Hall–Kier alpha value is -3.09. The summed E-state index contributed by atoms with van der Waals surface area (Å²) in [6, 6.07) is 5.30. The highest BCUT2D eigenvalue weighted by molar-refractivity contribution is 5.88. The van der Waals surface area contributed by atoms with Crippen molar-refractivity contribution in [3.8, 4) is 11.5 Å². The molecule has 0 aliphatic carbocycles. The summed E-state index contributed by atoms with van der Waals surface area (Å²) >= 11 is 0. The van der Waals surface area contributed by atoms with Crippen LogP contribution >= 0.6 is 0 Å². The number of likely N-dealkylation sites (tertiary alicyclic amines) is 1. The van der Waals surface area contributed by atoms with Gasteiger partial charge in [0.25, 0.3) is 0 Å². The number of esters is 1. The number of aryl methyl sites for hydroxylation is 1. The molecule has 2 aliphatic heterocycles. The maximum absolute atomic E-state index is 13.6. The molecule has 2 aromatic rings. The lowest BCUT2D eigenvalue weighted by atomic mass is 9.86. The van der Waals surface area contributed by atoms with Crippen LogP contribution in [0, 0.1) is 5.92 Å². The second-order valence-corrected chi connectivity index (χ2v) is 11.2. The molecule has 1 amide bonds. The summed E-state index contributed by atoms with van der Waals surface area (Å²) in [4.78, 5) is 33.2. The molecule has 3 atom stereocenters. The molecule has 0 radical (unpaired) electrons. The molecule has 7 heteroatoms. The topological polar surface area (TPSA) is 78.0 Å². The largest absolute Gasteiger partial charge is 0.497 e. The number of hydrogen-bond acceptors (Lipinski definition) is 6. The number of unbranched alkanes of at least 4 members (excludes halogenated alkanes) is 3. The lowest BCUT2D eigenvalue weighted by Gasteiger charge is -2.37. The van der Waals surface area contributed by atoms with Gasteiger partial charge in [-0.15, -0.1) is 6.58 Å². The average molecular weight is 523 g/mol. The fraction of sp³-hybridized carbons (Fsp3) is 0.581. The van der Waals surface area contributed by atoms with E-state index >= 15 is 0 Å². The zero-order valence-electron chi connectivity index (χ0n) is 23.5. The number of nitrogens with zero attached hydrogens (tertiary/aromatic N) is 2. The van der Waals surface area contributed by atoms with E-state index in [1.54, 1.807) is 12.0 Å². The molecule has 1 aromatic carbocycles. The zero-order chi connectivity index (χ0) is 27.4. The Balaban J connectivity index is 1.62. The fourth-order valence-corrected chi connectivity index (χ4v) is 5.92. The van der Waals surface area contributed by atoms with Crippen LogP contribution in [-0.2, 0) is 20.7 Å². The number of rotatable bonds is 10. The number of amides is 1. The monoisotopic (exact) mass is 522 g/mol. The van der Waals surface area contributed by atoms with Crippen LogP contribution in [0.25, 0.3) is 10.9 Å². The molecule has 1 saturated heterocycles. The van der Waals surface area contributed by atoms with Crippen LogP contribution in [0.3, 0.4) is 0 Å².